The smallest absolute Gasteiger partial charge is 0.333 e. The van der Waals surface area contributed by atoms with Crippen LogP contribution in [0.2, 0.25) is 0 Å². The summed E-state index contributed by atoms with van der Waals surface area (Å²) < 4.78 is 38.5. The average molecular weight is 1290 g/mol. The van der Waals surface area contributed by atoms with Gasteiger partial charge in [0.15, 0.2) is 0 Å². The highest BCUT2D eigenvalue weighted by molar-refractivity contribution is 9.10. The fraction of sp³-hybridized carbons (Fsp3) is 0.638. The highest BCUT2D eigenvalue weighted by atomic mass is 79.9. The highest BCUT2D eigenvalue weighted by Crippen LogP contribution is 2.52. The molecule has 2 aromatic carbocycles. The number of benzene rings is 2. The second-order valence-electron chi connectivity index (χ2n) is 22.8. The molecule has 468 valence electrons. The van der Waals surface area contributed by atoms with Crippen molar-refractivity contribution in [1.82, 2.24) is 10.1 Å². The normalized spacial score (nSPS) is 16.1. The summed E-state index contributed by atoms with van der Waals surface area (Å²) in [6.45, 7) is 27.1. The van der Waals surface area contributed by atoms with E-state index in [1.165, 1.54) is 0 Å². The molecule has 2 aliphatic heterocycles. The Morgan fingerprint density at radius 3 is 1.36 bits per heavy atom. The van der Waals surface area contributed by atoms with Gasteiger partial charge in [0.1, 0.15) is 35.6 Å². The summed E-state index contributed by atoms with van der Waals surface area (Å²) in [7, 11) is 2.28. The van der Waals surface area contributed by atoms with E-state index in [1.54, 1.807) is 83.1 Å². The zero-order valence-electron chi connectivity index (χ0n) is 51.7. The fourth-order valence-corrected chi connectivity index (χ4v) is 11.1. The minimum Gasteiger partial charge on any atom is -0.756 e. The number of hydrogen-bond acceptors (Lipinski definition) is 18. The molecule has 2 aromatic rings. The molecule has 83 heavy (non-hydrogen) atoms. The maximum Gasteiger partial charge on any atom is 0.333 e. The second kappa shape index (κ2) is 34.6. The Kier molecular flexibility index (Phi) is 31.9. The van der Waals surface area contributed by atoms with Crippen LogP contribution in [0.15, 0.2) is 48.5 Å². The standard InChI is InChI=1S/C37H61N2O12P3.C17H18BrNO6.2C2H6/c1-34(2,32(43)50-28-15-12-27(13-16-28)14-19-31(42)51-38-29(40)17-18-30(38)41)24-36(5,26-37(6,53-11)25-35(3,4)52-10)33(44)47-22-23-49-54(45,46)48-21-20-39(7,8)9;1-17(2,18)16(23)24-12-6-3-11(4-7-12)5-10-15(22)25-19-13(20)8-9-14(19)21;2*1-2/h12-13,15-16,52-53H,14,17-26H2,1-11H3;3-4,6-7H,5,8-10H2,1-2H3;2*1-2H3. The Balaban J connectivity index is 0.000000983. The Hall–Kier alpha value is -4.52. The summed E-state index contributed by atoms with van der Waals surface area (Å²) in [5, 5.41) is 0.819. The number of phosphoric ester groups is 1. The second-order valence-corrected chi connectivity index (χ2v) is 29.8. The maximum atomic E-state index is 14.0. The Labute approximate surface area is 503 Å². The van der Waals surface area contributed by atoms with E-state index in [4.69, 9.17) is 32.9 Å². The number of hydroxylamine groups is 4. The molecule has 4 rings (SSSR count). The van der Waals surface area contributed by atoms with Gasteiger partial charge in [-0.2, -0.15) is 0 Å². The van der Waals surface area contributed by atoms with E-state index in [9.17, 15) is 52.6 Å². The van der Waals surface area contributed by atoms with Gasteiger partial charge in [-0.3, -0.25) is 38.1 Å². The zero-order valence-corrected chi connectivity index (χ0v) is 56.2. The van der Waals surface area contributed by atoms with Crippen molar-refractivity contribution in [3.8, 4) is 11.5 Å². The lowest BCUT2D eigenvalue weighted by molar-refractivity contribution is -0.870. The monoisotopic (exact) mass is 1290 g/mol. The van der Waals surface area contributed by atoms with Crippen LogP contribution in [0, 0.1) is 10.8 Å². The number of aryl methyl sites for hydroxylation is 2. The number of rotatable bonds is 29. The molecule has 0 spiro atoms. The van der Waals surface area contributed by atoms with E-state index in [-0.39, 0.29) is 80.6 Å². The van der Waals surface area contributed by atoms with Crippen LogP contribution in [0.1, 0.15) is 152 Å². The first-order valence-electron chi connectivity index (χ1n) is 27.8. The van der Waals surface area contributed by atoms with Gasteiger partial charge in [-0.25, -0.2) is 9.59 Å². The molecule has 2 fully saturated rings. The predicted molar refractivity (Wildman–Crippen MR) is 321 cm³/mol. The average Bonchev–Trinajstić information content (AvgIpc) is 4.02. The fourth-order valence-electron chi connectivity index (χ4n) is 8.37. The van der Waals surface area contributed by atoms with Crippen LogP contribution in [-0.2, 0) is 84.0 Å². The Morgan fingerprint density at radius 2 is 0.988 bits per heavy atom. The number of ether oxygens (including phenoxy) is 3. The molecular weight excluding hydrogens is 1200 g/mol. The van der Waals surface area contributed by atoms with Crippen LogP contribution in [0.5, 0.6) is 11.5 Å². The topological polar surface area (TPSA) is 265 Å². The molecule has 5 unspecified atom stereocenters. The number of alkyl halides is 1. The number of nitrogens with zero attached hydrogens (tertiary/aromatic N) is 3. The third kappa shape index (κ3) is 28.0. The minimum absolute atomic E-state index is 0.0143. The number of likely N-dealkylation sites (N-methyl/N-ethyl adjacent to an activating group) is 1. The number of carbonyl (C=O) groups is 9. The molecule has 0 aromatic heterocycles. The van der Waals surface area contributed by atoms with E-state index < -0.39 is 83.1 Å². The van der Waals surface area contributed by atoms with Gasteiger partial charge >= 0.3 is 29.8 Å². The van der Waals surface area contributed by atoms with Gasteiger partial charge in [0.05, 0.1) is 51.4 Å². The van der Waals surface area contributed by atoms with E-state index in [1.807, 2.05) is 48.8 Å². The van der Waals surface area contributed by atoms with Crippen molar-refractivity contribution in [1.29, 1.82) is 0 Å². The van der Waals surface area contributed by atoms with E-state index in [2.05, 4.69) is 50.0 Å². The third-order valence-corrected chi connectivity index (χ3v) is 17.1. The number of phosphoric acid groups is 1. The molecule has 0 N–H and O–H groups in total. The van der Waals surface area contributed by atoms with Crippen molar-refractivity contribution in [3.05, 3.63) is 59.7 Å². The molecule has 0 saturated carbocycles. The molecule has 4 amide bonds. The Morgan fingerprint density at radius 1 is 0.590 bits per heavy atom. The summed E-state index contributed by atoms with van der Waals surface area (Å²) in [4.78, 5) is 131. The molecule has 2 aliphatic rings. The first-order valence-corrected chi connectivity index (χ1v) is 33.1. The van der Waals surface area contributed by atoms with Crippen molar-refractivity contribution in [2.24, 2.45) is 10.8 Å². The van der Waals surface area contributed by atoms with Crippen LogP contribution in [0.25, 0.3) is 0 Å². The SMILES string of the molecule is CC.CC.CC(C)(Br)C(=O)Oc1ccc(CCC(=O)ON2C(=O)CCC2=O)cc1.CPC(C)(C)CC(C)(CC(C)(CC(C)(C)C(=O)Oc1ccc(CCC(=O)ON2C(=O)CCC2=O)cc1)C(=O)OCCOP(=O)([O-])OCC[N+](C)(C)C)PC. The quantitative estimate of drug-likeness (QED) is 0.0139. The molecular formula is C58H91BrN3O18P3. The lowest BCUT2D eigenvalue weighted by Gasteiger charge is -2.43. The summed E-state index contributed by atoms with van der Waals surface area (Å²) >= 11 is 3.22. The van der Waals surface area contributed by atoms with Gasteiger partial charge in [-0.05, 0) is 126 Å². The minimum atomic E-state index is -4.60. The highest BCUT2D eigenvalue weighted by Gasteiger charge is 2.48. The molecule has 5 atom stereocenters. The van der Waals surface area contributed by atoms with Gasteiger partial charge in [-0.1, -0.05) is 88.7 Å². The van der Waals surface area contributed by atoms with Crippen molar-refractivity contribution in [3.63, 3.8) is 0 Å². The molecule has 0 radical (unpaired) electrons. The van der Waals surface area contributed by atoms with Gasteiger partial charge in [0.2, 0.25) is 0 Å². The molecule has 21 nitrogen and oxygen atoms in total. The van der Waals surface area contributed by atoms with Crippen LogP contribution in [-0.4, -0.2) is 144 Å². The van der Waals surface area contributed by atoms with Gasteiger partial charge in [0.25, 0.3) is 31.5 Å². The summed E-state index contributed by atoms with van der Waals surface area (Å²) in [6.07, 6.45) is 2.10. The first-order chi connectivity index (χ1) is 38.4. The summed E-state index contributed by atoms with van der Waals surface area (Å²) in [5.74, 6) is -4.33. The van der Waals surface area contributed by atoms with Crippen molar-refractivity contribution < 1.29 is 90.0 Å². The van der Waals surface area contributed by atoms with Crippen LogP contribution >= 0.6 is 40.9 Å². The van der Waals surface area contributed by atoms with E-state index >= 15 is 0 Å². The number of esters is 3. The number of quaternary nitrogens is 1. The number of imide groups is 2. The predicted octanol–water partition coefficient (Wildman–Crippen LogP) is 9.60. The van der Waals surface area contributed by atoms with Crippen molar-refractivity contribution in [2.45, 2.75) is 168 Å². The number of halogens is 1. The number of carbonyl (C=O) groups excluding carboxylic acids is 9. The third-order valence-electron chi connectivity index (χ3n) is 12.7. The Bertz CT molecular complexity index is 2520. The molecule has 2 saturated heterocycles. The van der Waals surface area contributed by atoms with Crippen LogP contribution in [0.3, 0.4) is 0 Å². The van der Waals surface area contributed by atoms with E-state index in [0.717, 1.165) is 17.5 Å². The van der Waals surface area contributed by atoms with Crippen molar-refractivity contribution in [2.75, 3.05) is 60.8 Å². The lowest BCUT2D eigenvalue weighted by Crippen LogP contribution is -2.44. The van der Waals surface area contributed by atoms with Gasteiger partial charge < -0.3 is 42.3 Å². The number of hydrogen-bond donors (Lipinski definition) is 0. The van der Waals surface area contributed by atoms with Gasteiger partial charge in [0, 0.05) is 25.7 Å². The van der Waals surface area contributed by atoms with Crippen molar-refractivity contribution >= 4 is 94.4 Å². The lowest BCUT2D eigenvalue weighted by atomic mass is 9.68. The molecule has 0 aliphatic carbocycles. The largest absolute Gasteiger partial charge is 0.756 e. The summed E-state index contributed by atoms with van der Waals surface area (Å²) in [5.41, 5.74) is -0.739. The maximum absolute atomic E-state index is 14.0. The van der Waals surface area contributed by atoms with Crippen LogP contribution < -0.4 is 14.4 Å². The molecule has 25 heteroatoms. The molecule has 2 heterocycles. The summed E-state index contributed by atoms with van der Waals surface area (Å²) in [6, 6.07) is 13.3. The van der Waals surface area contributed by atoms with E-state index in [0.29, 0.717) is 56.9 Å². The first kappa shape index (κ1) is 76.5. The number of amides is 4. The zero-order chi connectivity index (χ0) is 63.8. The molecule has 0 bridgehead atoms. The van der Waals surface area contributed by atoms with Crippen LogP contribution in [0.4, 0.5) is 0 Å². The van der Waals surface area contributed by atoms with Gasteiger partial charge in [-0.15, -0.1) is 27.3 Å².